The van der Waals surface area contributed by atoms with E-state index >= 15 is 0 Å². The van der Waals surface area contributed by atoms with Gasteiger partial charge in [-0.05, 0) is 29.8 Å². The molecular formula is C15H15NO3S. The van der Waals surface area contributed by atoms with E-state index in [1.54, 1.807) is 48.5 Å². The van der Waals surface area contributed by atoms with Crippen LogP contribution in [0.15, 0.2) is 59.5 Å². The van der Waals surface area contributed by atoms with Gasteiger partial charge in [0.25, 0.3) is 5.91 Å². The number of hydrogen-bond acceptors (Lipinski definition) is 3. The van der Waals surface area contributed by atoms with E-state index in [2.05, 4.69) is 5.32 Å². The van der Waals surface area contributed by atoms with Crippen LogP contribution in [0.25, 0.3) is 0 Å². The molecule has 1 N–H and O–H groups in total. The minimum absolute atomic E-state index is 0.155. The van der Waals surface area contributed by atoms with Crippen molar-refractivity contribution in [3.63, 3.8) is 0 Å². The third kappa shape index (κ3) is 3.68. The average molecular weight is 289 g/mol. The summed E-state index contributed by atoms with van der Waals surface area (Å²) in [4.78, 5) is 12.1. The molecule has 0 unspecified atom stereocenters. The Morgan fingerprint density at radius 2 is 1.60 bits per heavy atom. The molecule has 0 heterocycles. The molecule has 2 rings (SSSR count). The summed E-state index contributed by atoms with van der Waals surface area (Å²) in [6.07, 6.45) is 1.17. The smallest absolute Gasteiger partial charge is 0.251 e. The number of benzene rings is 2. The maximum Gasteiger partial charge on any atom is 0.251 e. The first-order valence-corrected chi connectivity index (χ1v) is 7.98. The van der Waals surface area contributed by atoms with Crippen molar-refractivity contribution in [3.8, 4) is 0 Å². The molecule has 0 aromatic heterocycles. The van der Waals surface area contributed by atoms with Crippen LogP contribution in [0.4, 0.5) is 0 Å². The van der Waals surface area contributed by atoms with Crippen LogP contribution in [0.3, 0.4) is 0 Å². The number of nitrogens with one attached hydrogen (secondary N) is 1. The van der Waals surface area contributed by atoms with Gasteiger partial charge in [0.05, 0.1) is 4.90 Å². The van der Waals surface area contributed by atoms with E-state index in [0.717, 1.165) is 5.56 Å². The van der Waals surface area contributed by atoms with E-state index in [1.807, 2.05) is 6.07 Å². The van der Waals surface area contributed by atoms with Gasteiger partial charge in [0.15, 0.2) is 9.84 Å². The quantitative estimate of drug-likeness (QED) is 0.936. The van der Waals surface area contributed by atoms with Gasteiger partial charge in [-0.3, -0.25) is 4.79 Å². The van der Waals surface area contributed by atoms with Crippen LogP contribution in [0.1, 0.15) is 15.9 Å². The van der Waals surface area contributed by atoms with Crippen LogP contribution in [-0.4, -0.2) is 20.6 Å². The molecule has 104 valence electrons. The van der Waals surface area contributed by atoms with Gasteiger partial charge in [0, 0.05) is 18.4 Å². The summed E-state index contributed by atoms with van der Waals surface area (Å²) in [5.41, 5.74) is 1.45. The number of hydrogen-bond donors (Lipinski definition) is 1. The van der Waals surface area contributed by atoms with Crippen molar-refractivity contribution in [3.05, 3.63) is 65.7 Å². The molecule has 0 bridgehead atoms. The predicted octanol–water partition coefficient (Wildman–Crippen LogP) is 2.02. The molecule has 0 radical (unpaired) electrons. The van der Waals surface area contributed by atoms with Gasteiger partial charge >= 0.3 is 0 Å². The molecule has 5 heteroatoms. The highest BCUT2D eigenvalue weighted by Gasteiger charge is 2.07. The highest BCUT2D eigenvalue weighted by Crippen LogP contribution is 2.10. The normalized spacial score (nSPS) is 11.1. The van der Waals surface area contributed by atoms with E-state index in [0.29, 0.717) is 12.1 Å². The lowest BCUT2D eigenvalue weighted by atomic mass is 10.2. The standard InChI is InChI=1S/C15H15NO3S/c1-20(18,19)14-9-7-12(8-10-14)11-16-15(17)13-5-3-2-4-6-13/h2-10H,11H2,1H3,(H,16,17). The number of amides is 1. The van der Waals surface area contributed by atoms with E-state index in [-0.39, 0.29) is 10.8 Å². The summed E-state index contributed by atoms with van der Waals surface area (Å²) in [5, 5.41) is 2.79. The lowest BCUT2D eigenvalue weighted by molar-refractivity contribution is 0.0951. The summed E-state index contributed by atoms with van der Waals surface area (Å²) < 4.78 is 22.7. The molecule has 0 aliphatic carbocycles. The van der Waals surface area contributed by atoms with E-state index < -0.39 is 9.84 Å². The molecule has 2 aromatic carbocycles. The molecular weight excluding hydrogens is 274 g/mol. The van der Waals surface area contributed by atoms with Crippen molar-refractivity contribution in [2.75, 3.05) is 6.26 Å². The maximum absolute atomic E-state index is 11.8. The van der Waals surface area contributed by atoms with E-state index in [1.165, 1.54) is 6.26 Å². The SMILES string of the molecule is CS(=O)(=O)c1ccc(CNC(=O)c2ccccc2)cc1. The van der Waals surface area contributed by atoms with Crippen LogP contribution in [0.5, 0.6) is 0 Å². The zero-order valence-electron chi connectivity index (χ0n) is 11.0. The molecule has 0 aliphatic heterocycles. The maximum atomic E-state index is 11.8. The third-order valence-electron chi connectivity index (χ3n) is 2.84. The van der Waals surface area contributed by atoms with E-state index in [9.17, 15) is 13.2 Å². The molecule has 0 saturated heterocycles. The van der Waals surface area contributed by atoms with E-state index in [4.69, 9.17) is 0 Å². The molecule has 0 atom stereocenters. The second-order valence-corrected chi connectivity index (χ2v) is 6.48. The second kappa shape index (κ2) is 5.88. The first kappa shape index (κ1) is 14.3. The van der Waals surface area contributed by atoms with Gasteiger partial charge in [-0.1, -0.05) is 30.3 Å². The van der Waals surface area contributed by atoms with Crippen LogP contribution >= 0.6 is 0 Å². The van der Waals surface area contributed by atoms with Crippen molar-refractivity contribution in [2.24, 2.45) is 0 Å². The lowest BCUT2D eigenvalue weighted by Gasteiger charge is -2.06. The summed E-state index contributed by atoms with van der Waals surface area (Å²) in [5.74, 6) is -0.155. The van der Waals surface area contributed by atoms with Gasteiger partial charge in [-0.2, -0.15) is 0 Å². The van der Waals surface area contributed by atoms with Gasteiger partial charge in [0.2, 0.25) is 0 Å². The zero-order valence-corrected chi connectivity index (χ0v) is 11.9. The summed E-state index contributed by atoms with van der Waals surface area (Å²) in [6.45, 7) is 0.359. The topological polar surface area (TPSA) is 63.2 Å². The lowest BCUT2D eigenvalue weighted by Crippen LogP contribution is -2.22. The second-order valence-electron chi connectivity index (χ2n) is 4.46. The van der Waals surface area contributed by atoms with Crippen molar-refractivity contribution in [2.45, 2.75) is 11.4 Å². The van der Waals surface area contributed by atoms with Gasteiger partial charge in [-0.25, -0.2) is 8.42 Å². The predicted molar refractivity (Wildman–Crippen MR) is 77.2 cm³/mol. The molecule has 0 spiro atoms. The van der Waals surface area contributed by atoms with Gasteiger partial charge in [-0.15, -0.1) is 0 Å². The summed E-state index contributed by atoms with van der Waals surface area (Å²) >= 11 is 0. The van der Waals surface area contributed by atoms with Crippen molar-refractivity contribution in [1.29, 1.82) is 0 Å². The van der Waals surface area contributed by atoms with Crippen molar-refractivity contribution in [1.82, 2.24) is 5.32 Å². The Morgan fingerprint density at radius 1 is 1.00 bits per heavy atom. The number of sulfone groups is 1. The Balaban J connectivity index is 2.00. The van der Waals surface area contributed by atoms with Gasteiger partial charge in [0.1, 0.15) is 0 Å². The number of carbonyl (C=O) groups excluding carboxylic acids is 1. The fourth-order valence-corrected chi connectivity index (χ4v) is 2.36. The molecule has 2 aromatic rings. The fraction of sp³-hybridized carbons (Fsp3) is 0.133. The first-order chi connectivity index (χ1) is 9.47. The van der Waals surface area contributed by atoms with Crippen LogP contribution in [0, 0.1) is 0 Å². The summed E-state index contributed by atoms with van der Waals surface area (Å²) in [6, 6.07) is 15.4. The number of carbonyl (C=O) groups is 1. The summed E-state index contributed by atoms with van der Waals surface area (Å²) in [7, 11) is -3.18. The highest BCUT2D eigenvalue weighted by molar-refractivity contribution is 7.90. The Hall–Kier alpha value is -2.14. The van der Waals surface area contributed by atoms with Crippen molar-refractivity contribution < 1.29 is 13.2 Å². The van der Waals surface area contributed by atoms with Crippen LogP contribution in [-0.2, 0) is 16.4 Å². The fourth-order valence-electron chi connectivity index (χ4n) is 1.73. The third-order valence-corrected chi connectivity index (χ3v) is 3.97. The van der Waals surface area contributed by atoms with Crippen LogP contribution in [0.2, 0.25) is 0 Å². The average Bonchev–Trinajstić information content (AvgIpc) is 2.45. The minimum Gasteiger partial charge on any atom is -0.348 e. The molecule has 0 saturated carbocycles. The Bertz CT molecular complexity index is 692. The Morgan fingerprint density at radius 3 is 2.15 bits per heavy atom. The van der Waals surface area contributed by atoms with Gasteiger partial charge < -0.3 is 5.32 Å². The first-order valence-electron chi connectivity index (χ1n) is 6.09. The molecule has 1 amide bonds. The Labute approximate surface area is 118 Å². The molecule has 0 aliphatic rings. The number of rotatable bonds is 4. The van der Waals surface area contributed by atoms with Crippen LogP contribution < -0.4 is 5.32 Å². The Kier molecular flexibility index (Phi) is 4.20. The highest BCUT2D eigenvalue weighted by atomic mass is 32.2. The molecule has 0 fully saturated rings. The monoisotopic (exact) mass is 289 g/mol. The zero-order chi connectivity index (χ0) is 14.6. The van der Waals surface area contributed by atoms with Crippen molar-refractivity contribution >= 4 is 15.7 Å². The minimum atomic E-state index is -3.18. The molecule has 20 heavy (non-hydrogen) atoms. The molecule has 4 nitrogen and oxygen atoms in total. The largest absolute Gasteiger partial charge is 0.348 e.